The van der Waals surface area contributed by atoms with Gasteiger partial charge in [0.15, 0.2) is 0 Å². The van der Waals surface area contributed by atoms with E-state index in [4.69, 9.17) is 0 Å². The Balaban J connectivity index is 1.61. The maximum Gasteiger partial charge on any atom is 0.261 e. The van der Waals surface area contributed by atoms with Crippen molar-refractivity contribution in [3.63, 3.8) is 0 Å². The maximum atomic E-state index is 12.4. The van der Waals surface area contributed by atoms with Gasteiger partial charge in [0.1, 0.15) is 5.56 Å². The number of anilines is 1. The Kier molecular flexibility index (Phi) is 3.51. The number of pyridine rings is 1. The molecule has 0 aliphatic carbocycles. The minimum Gasteiger partial charge on any atom is -0.361 e. The van der Waals surface area contributed by atoms with Crippen LogP contribution in [0.25, 0.3) is 21.5 Å². The van der Waals surface area contributed by atoms with Gasteiger partial charge in [0.25, 0.3) is 11.5 Å². The molecular weight excluding hydrogens is 322 g/mol. The minimum absolute atomic E-state index is 0.0875. The molecule has 3 aromatic heterocycles. The lowest BCUT2D eigenvalue weighted by Crippen LogP contribution is -2.23. The van der Waals surface area contributed by atoms with Crippen LogP contribution in [0, 0.1) is 0 Å². The molecule has 4 aromatic rings. The van der Waals surface area contributed by atoms with E-state index < -0.39 is 11.5 Å². The molecule has 0 radical (unpaired) electrons. The van der Waals surface area contributed by atoms with E-state index in [2.05, 4.69) is 15.3 Å². The number of carbonyl (C=O) groups is 1. The molecule has 1 aromatic carbocycles. The summed E-state index contributed by atoms with van der Waals surface area (Å²) in [7, 11) is 0. The van der Waals surface area contributed by atoms with Crippen LogP contribution in [-0.2, 0) is 0 Å². The van der Waals surface area contributed by atoms with Crippen molar-refractivity contribution in [3.8, 4) is 10.6 Å². The summed E-state index contributed by atoms with van der Waals surface area (Å²) in [6.45, 7) is 0. The molecule has 0 saturated heterocycles. The van der Waals surface area contributed by atoms with Crippen molar-refractivity contribution in [2.24, 2.45) is 0 Å². The number of fused-ring (bicyclic) bond motifs is 1. The quantitative estimate of drug-likeness (QED) is 0.532. The highest BCUT2D eigenvalue weighted by Gasteiger charge is 2.12. The van der Waals surface area contributed by atoms with Crippen molar-refractivity contribution in [3.05, 3.63) is 76.0 Å². The number of amides is 1. The van der Waals surface area contributed by atoms with Crippen molar-refractivity contribution >= 4 is 33.8 Å². The van der Waals surface area contributed by atoms with E-state index in [1.807, 2.05) is 41.9 Å². The zero-order valence-electron chi connectivity index (χ0n) is 12.5. The van der Waals surface area contributed by atoms with Crippen LogP contribution in [0.15, 0.2) is 64.9 Å². The Labute approximate surface area is 141 Å². The molecule has 3 heterocycles. The summed E-state index contributed by atoms with van der Waals surface area (Å²) in [6, 6.07) is 14.6. The molecule has 0 aliphatic heterocycles. The largest absolute Gasteiger partial charge is 0.361 e. The molecule has 0 unspecified atom stereocenters. The first-order valence-electron chi connectivity index (χ1n) is 7.36. The maximum absolute atomic E-state index is 12.4. The molecular formula is C18H13N3O2S. The van der Waals surface area contributed by atoms with E-state index in [0.717, 1.165) is 15.8 Å². The third-order valence-electron chi connectivity index (χ3n) is 3.75. The van der Waals surface area contributed by atoms with Crippen LogP contribution >= 0.6 is 11.3 Å². The summed E-state index contributed by atoms with van der Waals surface area (Å²) in [6.07, 6.45) is 1.84. The number of aromatic nitrogens is 2. The highest BCUT2D eigenvalue weighted by atomic mass is 32.1. The SMILES string of the molecule is O=C(Nc1ccc2[nH]ccc2c1)c1ccc(-c2cccs2)[nH]c1=O. The molecule has 0 spiro atoms. The van der Waals surface area contributed by atoms with Crippen LogP contribution < -0.4 is 10.9 Å². The predicted molar refractivity (Wildman–Crippen MR) is 96.6 cm³/mol. The molecule has 0 bridgehead atoms. The third-order valence-corrected chi connectivity index (χ3v) is 4.66. The monoisotopic (exact) mass is 335 g/mol. The fourth-order valence-electron chi connectivity index (χ4n) is 2.56. The normalized spacial score (nSPS) is 10.8. The van der Waals surface area contributed by atoms with Crippen molar-refractivity contribution < 1.29 is 4.79 Å². The lowest BCUT2D eigenvalue weighted by atomic mass is 10.2. The van der Waals surface area contributed by atoms with Crippen LogP contribution in [-0.4, -0.2) is 15.9 Å². The minimum atomic E-state index is -0.427. The molecule has 0 atom stereocenters. The van der Waals surface area contributed by atoms with Gasteiger partial charge >= 0.3 is 0 Å². The van der Waals surface area contributed by atoms with Crippen molar-refractivity contribution in [2.75, 3.05) is 5.32 Å². The van der Waals surface area contributed by atoms with Crippen molar-refractivity contribution in [1.29, 1.82) is 0 Å². The van der Waals surface area contributed by atoms with Gasteiger partial charge in [0, 0.05) is 22.8 Å². The van der Waals surface area contributed by atoms with Gasteiger partial charge in [-0.3, -0.25) is 9.59 Å². The van der Waals surface area contributed by atoms with E-state index in [1.54, 1.807) is 18.2 Å². The summed E-state index contributed by atoms with van der Waals surface area (Å²) in [4.78, 5) is 31.4. The van der Waals surface area contributed by atoms with E-state index in [9.17, 15) is 9.59 Å². The molecule has 0 fully saturated rings. The second kappa shape index (κ2) is 5.82. The number of H-pyrrole nitrogens is 2. The number of rotatable bonds is 3. The Morgan fingerprint density at radius 2 is 2.00 bits per heavy atom. The number of aromatic amines is 2. The third kappa shape index (κ3) is 2.63. The van der Waals surface area contributed by atoms with Crippen LogP contribution in [0.4, 0.5) is 5.69 Å². The van der Waals surface area contributed by atoms with Crippen LogP contribution in [0.5, 0.6) is 0 Å². The number of nitrogens with one attached hydrogen (secondary N) is 3. The second-order valence-corrected chi connectivity index (χ2v) is 6.27. The van der Waals surface area contributed by atoms with E-state index in [0.29, 0.717) is 11.4 Å². The van der Waals surface area contributed by atoms with Crippen molar-refractivity contribution in [1.82, 2.24) is 9.97 Å². The lowest BCUT2D eigenvalue weighted by molar-refractivity contribution is 0.102. The molecule has 0 saturated carbocycles. The molecule has 4 rings (SSSR count). The van der Waals surface area contributed by atoms with Crippen LogP contribution in [0.1, 0.15) is 10.4 Å². The molecule has 24 heavy (non-hydrogen) atoms. The van der Waals surface area contributed by atoms with Gasteiger partial charge in [-0.1, -0.05) is 6.07 Å². The van der Waals surface area contributed by atoms with Crippen molar-refractivity contribution in [2.45, 2.75) is 0 Å². The number of hydrogen-bond acceptors (Lipinski definition) is 3. The molecule has 118 valence electrons. The first-order chi connectivity index (χ1) is 11.7. The van der Waals surface area contributed by atoms with Gasteiger partial charge in [0.2, 0.25) is 0 Å². The Morgan fingerprint density at radius 1 is 1.08 bits per heavy atom. The topological polar surface area (TPSA) is 77.8 Å². The van der Waals surface area contributed by atoms with E-state index >= 15 is 0 Å². The smallest absolute Gasteiger partial charge is 0.261 e. The Hall–Kier alpha value is -3.12. The van der Waals surface area contributed by atoms with Gasteiger partial charge in [0.05, 0.1) is 10.6 Å². The van der Waals surface area contributed by atoms with Gasteiger partial charge in [-0.15, -0.1) is 11.3 Å². The zero-order valence-corrected chi connectivity index (χ0v) is 13.3. The lowest BCUT2D eigenvalue weighted by Gasteiger charge is -2.06. The molecule has 5 nitrogen and oxygen atoms in total. The Bertz CT molecular complexity index is 1080. The molecule has 3 N–H and O–H groups in total. The fourth-order valence-corrected chi connectivity index (χ4v) is 3.26. The van der Waals surface area contributed by atoms with Gasteiger partial charge in [-0.05, 0) is 47.8 Å². The first kappa shape index (κ1) is 14.5. The first-order valence-corrected chi connectivity index (χ1v) is 8.24. The molecule has 0 aliphatic rings. The molecule has 6 heteroatoms. The summed E-state index contributed by atoms with van der Waals surface area (Å²) >= 11 is 1.53. The van der Waals surface area contributed by atoms with Crippen LogP contribution in [0.2, 0.25) is 0 Å². The highest BCUT2D eigenvalue weighted by molar-refractivity contribution is 7.13. The fraction of sp³-hybridized carbons (Fsp3) is 0. The van der Waals surface area contributed by atoms with Gasteiger partial charge in [-0.25, -0.2) is 0 Å². The number of thiophene rings is 1. The van der Waals surface area contributed by atoms with E-state index in [1.165, 1.54) is 11.3 Å². The number of hydrogen-bond donors (Lipinski definition) is 3. The average Bonchev–Trinajstić information content (AvgIpc) is 3.25. The molecule has 1 amide bonds. The summed E-state index contributed by atoms with van der Waals surface area (Å²) in [5.41, 5.74) is 2.03. The zero-order chi connectivity index (χ0) is 16.5. The van der Waals surface area contributed by atoms with Gasteiger partial charge in [-0.2, -0.15) is 0 Å². The average molecular weight is 335 g/mol. The van der Waals surface area contributed by atoms with Crippen LogP contribution in [0.3, 0.4) is 0 Å². The Morgan fingerprint density at radius 3 is 2.79 bits per heavy atom. The summed E-state index contributed by atoms with van der Waals surface area (Å²) < 4.78 is 0. The summed E-state index contributed by atoms with van der Waals surface area (Å²) in [5.74, 6) is -0.427. The number of benzene rings is 1. The standard InChI is InChI=1S/C18H13N3O2S/c22-17(20-12-3-5-14-11(10-12)7-8-19-14)13-4-6-15(21-18(13)23)16-2-1-9-24-16/h1-10,19H,(H,20,22)(H,21,23). The predicted octanol–water partition coefficient (Wildman–Crippen LogP) is 3.84. The van der Waals surface area contributed by atoms with E-state index in [-0.39, 0.29) is 5.56 Å². The van der Waals surface area contributed by atoms with Gasteiger partial charge < -0.3 is 15.3 Å². The second-order valence-electron chi connectivity index (χ2n) is 5.33. The highest BCUT2D eigenvalue weighted by Crippen LogP contribution is 2.22. The number of carbonyl (C=O) groups excluding carboxylic acids is 1. The summed E-state index contributed by atoms with van der Waals surface area (Å²) in [5, 5.41) is 5.70.